The third-order valence-electron chi connectivity index (χ3n) is 4.56. The summed E-state index contributed by atoms with van der Waals surface area (Å²) in [6.07, 6.45) is 7.80. The highest BCUT2D eigenvalue weighted by molar-refractivity contribution is 5.90. The molecule has 24 heavy (non-hydrogen) atoms. The zero-order valence-electron chi connectivity index (χ0n) is 14.1. The molecule has 0 bridgehead atoms. The van der Waals surface area contributed by atoms with Crippen molar-refractivity contribution in [1.29, 1.82) is 5.26 Å². The summed E-state index contributed by atoms with van der Waals surface area (Å²) >= 11 is 0. The van der Waals surface area contributed by atoms with Crippen LogP contribution in [0.25, 0.3) is 16.3 Å². The molecule has 2 aromatic carbocycles. The standard InChI is InChI=1S/C22H21NO/c1-3-16-5-10-21(15(2)24)22(11-6-16)20-9-8-18-12-17(14-23)4-7-19(18)13-20/h4-5,7-13,15,24H,3,6H2,1-2H3. The van der Waals surface area contributed by atoms with Gasteiger partial charge in [0.1, 0.15) is 0 Å². The van der Waals surface area contributed by atoms with Crippen molar-refractivity contribution in [2.75, 3.05) is 0 Å². The molecule has 1 aliphatic rings. The molecule has 120 valence electrons. The van der Waals surface area contributed by atoms with E-state index in [-0.39, 0.29) is 0 Å². The van der Waals surface area contributed by atoms with E-state index in [9.17, 15) is 5.11 Å². The normalized spacial score (nSPS) is 15.8. The number of nitriles is 1. The Morgan fingerprint density at radius 2 is 1.88 bits per heavy atom. The second-order valence-corrected chi connectivity index (χ2v) is 6.19. The summed E-state index contributed by atoms with van der Waals surface area (Å²) in [7, 11) is 0. The average Bonchev–Trinajstić information content (AvgIpc) is 2.83. The molecule has 1 unspecified atom stereocenters. The quantitative estimate of drug-likeness (QED) is 0.852. The van der Waals surface area contributed by atoms with Gasteiger partial charge in [-0.1, -0.05) is 48.9 Å². The fourth-order valence-electron chi connectivity index (χ4n) is 3.11. The van der Waals surface area contributed by atoms with Crippen molar-refractivity contribution in [2.45, 2.75) is 32.8 Å². The molecule has 0 saturated heterocycles. The van der Waals surface area contributed by atoms with Gasteiger partial charge in [-0.3, -0.25) is 0 Å². The molecule has 0 fully saturated rings. The summed E-state index contributed by atoms with van der Waals surface area (Å²) in [4.78, 5) is 0. The van der Waals surface area contributed by atoms with Crippen molar-refractivity contribution in [1.82, 2.24) is 0 Å². The molecule has 0 radical (unpaired) electrons. The van der Waals surface area contributed by atoms with Gasteiger partial charge in [0.25, 0.3) is 0 Å². The van der Waals surface area contributed by atoms with E-state index in [1.807, 2.05) is 37.3 Å². The van der Waals surface area contributed by atoms with Crippen LogP contribution in [0.2, 0.25) is 0 Å². The van der Waals surface area contributed by atoms with E-state index in [1.165, 1.54) is 5.57 Å². The Labute approximate surface area is 143 Å². The van der Waals surface area contributed by atoms with Crippen LogP contribution in [0.15, 0.2) is 65.8 Å². The first kappa shape index (κ1) is 16.2. The second kappa shape index (κ2) is 6.86. The average molecular weight is 315 g/mol. The van der Waals surface area contributed by atoms with Crippen LogP contribution in [0, 0.1) is 11.3 Å². The van der Waals surface area contributed by atoms with Crippen LogP contribution in [-0.2, 0) is 0 Å². The molecule has 0 aromatic heterocycles. The van der Waals surface area contributed by atoms with Crippen LogP contribution in [0.4, 0.5) is 0 Å². The summed E-state index contributed by atoms with van der Waals surface area (Å²) in [5.41, 5.74) is 5.18. The molecule has 1 aliphatic carbocycles. The first-order valence-corrected chi connectivity index (χ1v) is 8.35. The van der Waals surface area contributed by atoms with Gasteiger partial charge >= 0.3 is 0 Å². The van der Waals surface area contributed by atoms with E-state index in [2.05, 4.69) is 37.3 Å². The zero-order chi connectivity index (χ0) is 17.1. The summed E-state index contributed by atoms with van der Waals surface area (Å²) in [6.45, 7) is 3.97. The molecule has 0 amide bonds. The summed E-state index contributed by atoms with van der Waals surface area (Å²) in [5.74, 6) is 0. The molecule has 0 spiro atoms. The molecule has 0 aliphatic heterocycles. The van der Waals surface area contributed by atoms with Gasteiger partial charge in [0.2, 0.25) is 0 Å². The molecule has 2 aromatic rings. The summed E-state index contributed by atoms with van der Waals surface area (Å²) in [6, 6.07) is 14.2. The van der Waals surface area contributed by atoms with Crippen LogP contribution in [0.1, 0.15) is 37.8 Å². The Hall–Kier alpha value is -2.63. The number of nitrogens with zero attached hydrogens (tertiary/aromatic N) is 1. The van der Waals surface area contributed by atoms with Gasteiger partial charge in [-0.05, 0) is 65.4 Å². The van der Waals surface area contributed by atoms with E-state index in [0.717, 1.165) is 40.3 Å². The Kier molecular flexibility index (Phi) is 4.64. The van der Waals surface area contributed by atoms with Crippen LogP contribution >= 0.6 is 0 Å². The zero-order valence-corrected chi connectivity index (χ0v) is 14.1. The number of fused-ring (bicyclic) bond motifs is 1. The van der Waals surface area contributed by atoms with Crippen molar-refractivity contribution < 1.29 is 5.11 Å². The minimum absolute atomic E-state index is 0.514. The minimum Gasteiger partial charge on any atom is -0.389 e. The molecule has 2 nitrogen and oxygen atoms in total. The maximum atomic E-state index is 10.2. The lowest BCUT2D eigenvalue weighted by Crippen LogP contribution is -2.06. The Morgan fingerprint density at radius 1 is 1.12 bits per heavy atom. The SMILES string of the molecule is CCC1=CC=C(C(C)O)C(c2ccc3cc(C#N)ccc3c2)=CC1. The molecule has 0 heterocycles. The van der Waals surface area contributed by atoms with Gasteiger partial charge < -0.3 is 5.11 Å². The Bertz CT molecular complexity index is 907. The monoisotopic (exact) mass is 315 g/mol. The molecule has 2 heteroatoms. The Balaban J connectivity index is 2.08. The van der Waals surface area contributed by atoms with Gasteiger partial charge in [-0.25, -0.2) is 0 Å². The number of hydrogen-bond donors (Lipinski definition) is 1. The first-order chi connectivity index (χ1) is 11.6. The first-order valence-electron chi connectivity index (χ1n) is 8.35. The summed E-state index contributed by atoms with van der Waals surface area (Å²) in [5, 5.41) is 21.4. The highest BCUT2D eigenvalue weighted by Crippen LogP contribution is 2.32. The number of aliphatic hydroxyl groups is 1. The topological polar surface area (TPSA) is 44.0 Å². The fraction of sp³-hybridized carbons (Fsp3) is 0.227. The largest absolute Gasteiger partial charge is 0.389 e. The number of rotatable bonds is 3. The number of hydrogen-bond acceptors (Lipinski definition) is 2. The lowest BCUT2D eigenvalue weighted by molar-refractivity contribution is 0.236. The van der Waals surface area contributed by atoms with Gasteiger partial charge in [-0.2, -0.15) is 5.26 Å². The van der Waals surface area contributed by atoms with E-state index in [0.29, 0.717) is 5.56 Å². The fourth-order valence-corrected chi connectivity index (χ4v) is 3.11. The highest BCUT2D eigenvalue weighted by Gasteiger charge is 2.15. The smallest absolute Gasteiger partial charge is 0.0991 e. The third kappa shape index (κ3) is 3.18. The molecule has 1 atom stereocenters. The van der Waals surface area contributed by atoms with E-state index < -0.39 is 6.10 Å². The van der Waals surface area contributed by atoms with Crippen molar-refractivity contribution in [3.05, 3.63) is 76.9 Å². The van der Waals surface area contributed by atoms with Crippen LogP contribution in [0.5, 0.6) is 0 Å². The summed E-state index contributed by atoms with van der Waals surface area (Å²) < 4.78 is 0. The van der Waals surface area contributed by atoms with E-state index in [1.54, 1.807) is 0 Å². The maximum absolute atomic E-state index is 10.2. The van der Waals surface area contributed by atoms with Crippen molar-refractivity contribution in [3.8, 4) is 6.07 Å². The van der Waals surface area contributed by atoms with Crippen molar-refractivity contribution in [3.63, 3.8) is 0 Å². The molecular formula is C22H21NO. The maximum Gasteiger partial charge on any atom is 0.0991 e. The number of aliphatic hydroxyl groups excluding tert-OH is 1. The van der Waals surface area contributed by atoms with Crippen molar-refractivity contribution >= 4 is 16.3 Å². The van der Waals surface area contributed by atoms with Crippen LogP contribution < -0.4 is 0 Å². The van der Waals surface area contributed by atoms with Crippen molar-refractivity contribution in [2.24, 2.45) is 0 Å². The lowest BCUT2D eigenvalue weighted by atomic mass is 9.92. The van der Waals surface area contributed by atoms with Crippen LogP contribution in [-0.4, -0.2) is 11.2 Å². The molecule has 3 rings (SSSR count). The molecule has 0 saturated carbocycles. The minimum atomic E-state index is -0.514. The lowest BCUT2D eigenvalue weighted by Gasteiger charge is -2.15. The van der Waals surface area contributed by atoms with Gasteiger partial charge in [0.05, 0.1) is 17.7 Å². The van der Waals surface area contributed by atoms with Gasteiger partial charge in [0.15, 0.2) is 0 Å². The molecule has 1 N–H and O–H groups in total. The number of benzene rings is 2. The van der Waals surface area contributed by atoms with E-state index in [4.69, 9.17) is 5.26 Å². The van der Waals surface area contributed by atoms with E-state index >= 15 is 0 Å². The third-order valence-corrected chi connectivity index (χ3v) is 4.56. The second-order valence-electron chi connectivity index (χ2n) is 6.19. The highest BCUT2D eigenvalue weighted by atomic mass is 16.3. The van der Waals surface area contributed by atoms with Crippen LogP contribution in [0.3, 0.4) is 0 Å². The Morgan fingerprint density at radius 3 is 2.58 bits per heavy atom. The van der Waals surface area contributed by atoms with Gasteiger partial charge in [0, 0.05) is 0 Å². The molecular weight excluding hydrogens is 294 g/mol. The predicted octanol–water partition coefficient (Wildman–Crippen LogP) is 5.14. The number of allylic oxidation sites excluding steroid dienone is 4. The van der Waals surface area contributed by atoms with Gasteiger partial charge in [-0.15, -0.1) is 0 Å². The predicted molar refractivity (Wildman–Crippen MR) is 99.4 cm³/mol.